The number of aliphatic hydroxyl groups is 4. The molecule has 8 heteroatoms. The lowest BCUT2D eigenvalue weighted by atomic mass is 10.0. The quantitative estimate of drug-likeness (QED) is 0.422. The third-order valence-electron chi connectivity index (χ3n) is 3.10. The number of rotatable bonds is 2. The molecule has 0 bridgehead atoms. The molecule has 1 saturated heterocycles. The first-order valence-corrected chi connectivity index (χ1v) is 6.55. The molecule has 0 unspecified atom stereocenters. The van der Waals surface area contributed by atoms with Gasteiger partial charge in [-0.1, -0.05) is 12.1 Å². The van der Waals surface area contributed by atoms with E-state index in [1.54, 1.807) is 12.1 Å². The molecule has 4 atom stereocenters. The maximum Gasteiger partial charge on any atom is 0.341 e. The van der Waals surface area contributed by atoms with E-state index in [2.05, 4.69) is 4.74 Å². The predicted octanol–water partition coefficient (Wildman–Crippen LogP) is -1.36. The molecule has 0 saturated carbocycles. The van der Waals surface area contributed by atoms with Crippen molar-refractivity contribution in [1.29, 1.82) is 0 Å². The maximum atomic E-state index is 10.9. The first-order valence-electron chi connectivity index (χ1n) is 6.55. The van der Waals surface area contributed by atoms with Crippen LogP contribution >= 0.6 is 0 Å². The number of phenolic OH excluding ortho intramolecular Hbond substituents is 1. The van der Waals surface area contributed by atoms with Crippen molar-refractivity contribution in [3.63, 3.8) is 0 Å². The lowest BCUT2D eigenvalue weighted by Crippen LogP contribution is -2.53. The van der Waals surface area contributed by atoms with Crippen LogP contribution in [-0.2, 0) is 9.47 Å². The zero-order valence-corrected chi connectivity index (χ0v) is 12.0. The van der Waals surface area contributed by atoms with Crippen LogP contribution in [0.5, 0.6) is 5.75 Å². The molecule has 1 aromatic rings. The molecule has 22 heavy (non-hydrogen) atoms. The van der Waals surface area contributed by atoms with Crippen molar-refractivity contribution in [3.8, 4) is 5.75 Å². The van der Waals surface area contributed by atoms with Crippen LogP contribution in [0.4, 0.5) is 0 Å². The standard InChI is InChI=1S/C8H8O3.C6H12O5/c1-11-8(10)6-4-2-3-5-7(6)9;7-1-4-6(10)5(9)3(8)2-11-4/h2-5,9H,1H3;3-10H,1-2H2/t;3-,4+,5+,6+/m.0/s1. The van der Waals surface area contributed by atoms with Gasteiger partial charge in [-0.05, 0) is 12.1 Å². The summed E-state index contributed by atoms with van der Waals surface area (Å²) < 4.78 is 9.23. The van der Waals surface area contributed by atoms with E-state index in [0.717, 1.165) is 0 Å². The van der Waals surface area contributed by atoms with Crippen molar-refractivity contribution in [2.45, 2.75) is 24.4 Å². The summed E-state index contributed by atoms with van der Waals surface area (Å²) in [6, 6.07) is 6.24. The number of ether oxygens (including phenoxy) is 2. The number of benzene rings is 1. The van der Waals surface area contributed by atoms with Gasteiger partial charge >= 0.3 is 5.97 Å². The fourth-order valence-corrected chi connectivity index (χ4v) is 1.78. The SMILES string of the molecule is COC(=O)c1ccccc1O.OC[C@H]1OC[C@H](O)[C@@H](O)[C@@H]1O. The van der Waals surface area contributed by atoms with Gasteiger partial charge in [0.05, 0.1) is 20.3 Å². The van der Waals surface area contributed by atoms with Crippen molar-refractivity contribution >= 4 is 5.97 Å². The smallest absolute Gasteiger partial charge is 0.341 e. The molecule has 0 radical (unpaired) electrons. The summed E-state index contributed by atoms with van der Waals surface area (Å²) in [6.07, 6.45) is -4.27. The van der Waals surface area contributed by atoms with Crippen molar-refractivity contribution in [2.75, 3.05) is 20.3 Å². The van der Waals surface area contributed by atoms with Crippen LogP contribution in [0.1, 0.15) is 10.4 Å². The first-order chi connectivity index (χ1) is 10.4. The normalized spacial score (nSPS) is 27.5. The average molecular weight is 316 g/mol. The molecule has 0 aromatic heterocycles. The van der Waals surface area contributed by atoms with Crippen molar-refractivity contribution in [3.05, 3.63) is 29.8 Å². The molecule has 1 aliphatic rings. The van der Waals surface area contributed by atoms with Gasteiger partial charge in [-0.15, -0.1) is 0 Å². The van der Waals surface area contributed by atoms with E-state index < -0.39 is 30.4 Å². The summed E-state index contributed by atoms with van der Waals surface area (Å²) in [6.45, 7) is -0.408. The highest BCUT2D eigenvalue weighted by atomic mass is 16.5. The van der Waals surface area contributed by atoms with E-state index in [1.807, 2.05) is 0 Å². The van der Waals surface area contributed by atoms with Gasteiger partial charge in [-0.25, -0.2) is 4.79 Å². The second kappa shape index (κ2) is 8.66. The number of para-hydroxylation sites is 1. The summed E-state index contributed by atoms with van der Waals surface area (Å²) in [4.78, 5) is 10.9. The molecule has 5 N–H and O–H groups in total. The second-order valence-electron chi connectivity index (χ2n) is 4.61. The molecule has 1 fully saturated rings. The summed E-state index contributed by atoms with van der Waals surface area (Å²) in [5.41, 5.74) is 0.190. The number of hydrogen-bond acceptors (Lipinski definition) is 8. The molecular formula is C14H20O8. The average Bonchev–Trinajstić information content (AvgIpc) is 2.53. The zero-order chi connectivity index (χ0) is 16.7. The molecule has 1 heterocycles. The molecule has 2 rings (SSSR count). The maximum absolute atomic E-state index is 10.9. The number of esters is 1. The molecular weight excluding hydrogens is 296 g/mol. The summed E-state index contributed by atoms with van der Waals surface area (Å²) in [5.74, 6) is -0.581. The third kappa shape index (κ3) is 4.65. The Hall–Kier alpha value is -1.71. The molecule has 124 valence electrons. The van der Waals surface area contributed by atoms with Crippen molar-refractivity contribution < 1.29 is 39.8 Å². The highest BCUT2D eigenvalue weighted by Crippen LogP contribution is 2.16. The molecule has 0 spiro atoms. The van der Waals surface area contributed by atoms with Gasteiger partial charge in [-0.2, -0.15) is 0 Å². The molecule has 0 amide bonds. The number of hydrogen-bond donors (Lipinski definition) is 5. The molecule has 1 aromatic carbocycles. The number of aromatic hydroxyl groups is 1. The second-order valence-corrected chi connectivity index (χ2v) is 4.61. The molecule has 8 nitrogen and oxygen atoms in total. The minimum Gasteiger partial charge on any atom is -0.507 e. The van der Waals surface area contributed by atoms with Crippen LogP contribution in [0.15, 0.2) is 24.3 Å². The lowest BCUT2D eigenvalue weighted by Gasteiger charge is -2.34. The molecule has 0 aliphatic carbocycles. The number of phenols is 1. The largest absolute Gasteiger partial charge is 0.507 e. The van der Waals surface area contributed by atoms with Crippen LogP contribution in [-0.4, -0.2) is 76.2 Å². The Balaban J connectivity index is 0.000000220. The monoisotopic (exact) mass is 316 g/mol. The number of methoxy groups -OCH3 is 1. The fourth-order valence-electron chi connectivity index (χ4n) is 1.78. The van der Waals surface area contributed by atoms with Gasteiger partial charge in [0, 0.05) is 0 Å². The van der Waals surface area contributed by atoms with E-state index in [-0.39, 0.29) is 24.5 Å². The Morgan fingerprint density at radius 2 is 1.91 bits per heavy atom. The highest BCUT2D eigenvalue weighted by molar-refractivity contribution is 5.92. The van der Waals surface area contributed by atoms with Gasteiger partial charge in [0.25, 0.3) is 0 Å². The number of carbonyl (C=O) groups excluding carboxylic acids is 1. The Morgan fingerprint density at radius 1 is 1.27 bits per heavy atom. The Bertz CT molecular complexity index is 476. The van der Waals surface area contributed by atoms with Crippen LogP contribution in [0.3, 0.4) is 0 Å². The predicted molar refractivity (Wildman–Crippen MR) is 74.3 cm³/mol. The first kappa shape index (κ1) is 18.3. The minimum atomic E-state index is -1.22. The number of carbonyl (C=O) groups is 1. The van der Waals surface area contributed by atoms with E-state index in [9.17, 15) is 4.79 Å². The zero-order valence-electron chi connectivity index (χ0n) is 12.0. The minimum absolute atomic E-state index is 0.0521. The van der Waals surface area contributed by atoms with Crippen molar-refractivity contribution in [2.24, 2.45) is 0 Å². The van der Waals surface area contributed by atoms with Crippen LogP contribution in [0.25, 0.3) is 0 Å². The van der Waals surface area contributed by atoms with E-state index in [1.165, 1.54) is 19.2 Å². The van der Waals surface area contributed by atoms with Gasteiger partial charge in [-0.3, -0.25) is 0 Å². The van der Waals surface area contributed by atoms with E-state index >= 15 is 0 Å². The summed E-state index contributed by atoms with van der Waals surface area (Å²) in [5, 5.41) is 44.8. The van der Waals surface area contributed by atoms with Gasteiger partial charge < -0.3 is 35.0 Å². The van der Waals surface area contributed by atoms with Crippen LogP contribution in [0, 0.1) is 0 Å². The highest BCUT2D eigenvalue weighted by Gasteiger charge is 2.36. The van der Waals surface area contributed by atoms with Crippen LogP contribution in [0.2, 0.25) is 0 Å². The summed E-state index contributed by atoms with van der Waals surface area (Å²) >= 11 is 0. The lowest BCUT2D eigenvalue weighted by molar-refractivity contribution is -0.195. The van der Waals surface area contributed by atoms with E-state index in [0.29, 0.717) is 0 Å². The Labute approximate surface area is 127 Å². The topological polar surface area (TPSA) is 137 Å². The third-order valence-corrected chi connectivity index (χ3v) is 3.10. The van der Waals surface area contributed by atoms with Crippen LogP contribution < -0.4 is 0 Å². The number of aliphatic hydroxyl groups excluding tert-OH is 4. The van der Waals surface area contributed by atoms with Gasteiger partial charge in [0.2, 0.25) is 0 Å². The Kier molecular flexibility index (Phi) is 7.22. The van der Waals surface area contributed by atoms with Crippen molar-refractivity contribution in [1.82, 2.24) is 0 Å². The van der Waals surface area contributed by atoms with E-state index in [4.69, 9.17) is 30.3 Å². The summed E-state index contributed by atoms with van der Waals surface area (Å²) in [7, 11) is 1.27. The molecule has 1 aliphatic heterocycles. The Morgan fingerprint density at radius 3 is 2.45 bits per heavy atom. The van der Waals surface area contributed by atoms with Gasteiger partial charge in [0.15, 0.2) is 0 Å². The fraction of sp³-hybridized carbons (Fsp3) is 0.500. The van der Waals surface area contributed by atoms with Gasteiger partial charge in [0.1, 0.15) is 35.7 Å².